The molecular weight excluding hydrogens is 306 g/mol. The number of fused-ring (bicyclic) bond motifs is 1. The molecular formula is C18H13N3OS. The zero-order valence-corrected chi connectivity index (χ0v) is 13.0. The van der Waals surface area contributed by atoms with E-state index in [1.165, 1.54) is 16.3 Å². The molecule has 0 radical (unpaired) electrons. The second kappa shape index (κ2) is 6.22. The van der Waals surface area contributed by atoms with Gasteiger partial charge in [-0.3, -0.25) is 4.98 Å². The lowest BCUT2D eigenvalue weighted by Crippen LogP contribution is -1.81. The molecule has 2 aromatic carbocycles. The van der Waals surface area contributed by atoms with E-state index < -0.39 is 0 Å². The lowest BCUT2D eigenvalue weighted by atomic mass is 10.1. The Balaban J connectivity index is 1.49. The van der Waals surface area contributed by atoms with Crippen LogP contribution in [-0.2, 0) is 5.75 Å². The Hall–Kier alpha value is -2.66. The van der Waals surface area contributed by atoms with Crippen molar-refractivity contribution in [1.82, 2.24) is 15.2 Å². The SMILES string of the molecule is c1ccc2cc(CSc3nnc(-c4ccncc4)o3)ccc2c1. The molecule has 112 valence electrons. The summed E-state index contributed by atoms with van der Waals surface area (Å²) >= 11 is 1.54. The summed E-state index contributed by atoms with van der Waals surface area (Å²) < 4.78 is 5.69. The number of hydrogen-bond donors (Lipinski definition) is 0. The maximum absolute atomic E-state index is 5.69. The molecule has 5 heteroatoms. The van der Waals surface area contributed by atoms with Crippen LogP contribution in [0.25, 0.3) is 22.2 Å². The van der Waals surface area contributed by atoms with Gasteiger partial charge < -0.3 is 4.42 Å². The van der Waals surface area contributed by atoms with Gasteiger partial charge in [-0.15, -0.1) is 10.2 Å². The molecule has 0 unspecified atom stereocenters. The van der Waals surface area contributed by atoms with Gasteiger partial charge in [0.2, 0.25) is 5.89 Å². The van der Waals surface area contributed by atoms with Gasteiger partial charge in [0.05, 0.1) is 0 Å². The van der Waals surface area contributed by atoms with Crippen molar-refractivity contribution in [2.24, 2.45) is 0 Å². The Kier molecular flexibility index (Phi) is 3.78. The number of thioether (sulfide) groups is 1. The van der Waals surface area contributed by atoms with E-state index in [1.807, 2.05) is 12.1 Å². The van der Waals surface area contributed by atoms with Crippen molar-refractivity contribution in [1.29, 1.82) is 0 Å². The minimum absolute atomic E-state index is 0.522. The fourth-order valence-corrected chi connectivity index (χ4v) is 3.06. The van der Waals surface area contributed by atoms with Crippen molar-refractivity contribution in [2.75, 3.05) is 0 Å². The van der Waals surface area contributed by atoms with Crippen LogP contribution >= 0.6 is 11.8 Å². The molecule has 0 aliphatic heterocycles. The first kappa shape index (κ1) is 14.0. The number of hydrogen-bond acceptors (Lipinski definition) is 5. The van der Waals surface area contributed by atoms with E-state index in [0.29, 0.717) is 11.1 Å². The quantitative estimate of drug-likeness (QED) is 0.515. The molecule has 4 rings (SSSR count). The Morgan fingerprint density at radius 3 is 2.57 bits per heavy atom. The first-order valence-corrected chi connectivity index (χ1v) is 8.21. The van der Waals surface area contributed by atoms with Crippen molar-refractivity contribution in [3.63, 3.8) is 0 Å². The average Bonchev–Trinajstić information content (AvgIpc) is 3.10. The summed E-state index contributed by atoms with van der Waals surface area (Å²) in [6, 6.07) is 18.5. The third-order valence-corrected chi connectivity index (χ3v) is 4.40. The number of rotatable bonds is 4. The average molecular weight is 319 g/mol. The number of pyridine rings is 1. The highest BCUT2D eigenvalue weighted by molar-refractivity contribution is 7.98. The summed E-state index contributed by atoms with van der Waals surface area (Å²) in [6.07, 6.45) is 3.42. The zero-order chi connectivity index (χ0) is 15.5. The monoisotopic (exact) mass is 319 g/mol. The van der Waals surface area contributed by atoms with Crippen molar-refractivity contribution < 1.29 is 4.42 Å². The fraction of sp³-hybridized carbons (Fsp3) is 0.0556. The molecule has 0 fully saturated rings. The van der Waals surface area contributed by atoms with Crippen molar-refractivity contribution >= 4 is 22.5 Å². The fourth-order valence-electron chi connectivity index (χ4n) is 2.35. The molecule has 0 aliphatic rings. The minimum Gasteiger partial charge on any atom is -0.411 e. The Bertz CT molecular complexity index is 937. The molecule has 0 saturated carbocycles. The number of benzene rings is 2. The van der Waals surface area contributed by atoms with E-state index in [1.54, 1.807) is 24.2 Å². The van der Waals surface area contributed by atoms with Gasteiger partial charge in [0.15, 0.2) is 0 Å². The van der Waals surface area contributed by atoms with E-state index in [9.17, 15) is 0 Å². The van der Waals surface area contributed by atoms with Crippen LogP contribution in [0.1, 0.15) is 5.56 Å². The van der Waals surface area contributed by atoms with Crippen LogP contribution in [0.4, 0.5) is 0 Å². The van der Waals surface area contributed by atoms with Gasteiger partial charge in [0.1, 0.15) is 0 Å². The van der Waals surface area contributed by atoms with Crippen molar-refractivity contribution in [3.05, 3.63) is 72.6 Å². The van der Waals surface area contributed by atoms with Crippen LogP contribution in [0.3, 0.4) is 0 Å². The number of nitrogens with zero attached hydrogens (tertiary/aromatic N) is 3. The van der Waals surface area contributed by atoms with Gasteiger partial charge in [-0.05, 0) is 28.5 Å². The summed E-state index contributed by atoms with van der Waals surface area (Å²) in [6.45, 7) is 0. The lowest BCUT2D eigenvalue weighted by Gasteiger charge is -2.01. The summed E-state index contributed by atoms with van der Waals surface area (Å²) in [5, 5.41) is 11.2. The van der Waals surface area contributed by atoms with Gasteiger partial charge in [0, 0.05) is 23.7 Å². The Labute approximate surface area is 137 Å². The second-order valence-electron chi connectivity index (χ2n) is 5.08. The first-order valence-electron chi connectivity index (χ1n) is 7.23. The van der Waals surface area contributed by atoms with E-state index >= 15 is 0 Å². The molecule has 0 saturated heterocycles. The molecule has 4 nitrogen and oxygen atoms in total. The third-order valence-electron chi connectivity index (χ3n) is 3.51. The highest BCUT2D eigenvalue weighted by Gasteiger charge is 2.09. The predicted octanol–water partition coefficient (Wildman–Crippen LogP) is 4.58. The van der Waals surface area contributed by atoms with Crippen molar-refractivity contribution in [3.8, 4) is 11.5 Å². The summed E-state index contributed by atoms with van der Waals surface area (Å²) in [4.78, 5) is 3.98. The summed E-state index contributed by atoms with van der Waals surface area (Å²) in [7, 11) is 0. The predicted molar refractivity (Wildman–Crippen MR) is 91.0 cm³/mol. The molecule has 2 heterocycles. The Morgan fingerprint density at radius 1 is 0.870 bits per heavy atom. The molecule has 0 spiro atoms. The summed E-state index contributed by atoms with van der Waals surface area (Å²) in [5.41, 5.74) is 2.11. The van der Waals surface area contributed by atoms with E-state index in [0.717, 1.165) is 11.3 Å². The maximum atomic E-state index is 5.69. The van der Waals surface area contributed by atoms with Crippen molar-refractivity contribution in [2.45, 2.75) is 11.0 Å². The zero-order valence-electron chi connectivity index (χ0n) is 12.2. The van der Waals surface area contributed by atoms with Gasteiger partial charge in [-0.2, -0.15) is 0 Å². The third kappa shape index (κ3) is 3.10. The largest absolute Gasteiger partial charge is 0.411 e. The van der Waals surface area contributed by atoms with Crippen LogP contribution in [-0.4, -0.2) is 15.2 Å². The standard InChI is InChI=1S/C18H13N3OS/c1-2-4-16-11-13(5-6-14(16)3-1)12-23-18-21-20-17(22-18)15-7-9-19-10-8-15/h1-11H,12H2. The molecule has 4 aromatic rings. The topological polar surface area (TPSA) is 51.8 Å². The highest BCUT2D eigenvalue weighted by atomic mass is 32.2. The van der Waals surface area contributed by atoms with Crippen LogP contribution in [0.2, 0.25) is 0 Å². The van der Waals surface area contributed by atoms with Gasteiger partial charge in [-0.25, -0.2) is 0 Å². The van der Waals surface area contributed by atoms with Crippen LogP contribution in [0.5, 0.6) is 0 Å². The molecule has 0 atom stereocenters. The molecule has 0 N–H and O–H groups in total. The van der Waals surface area contributed by atoms with Crippen LogP contribution in [0.15, 0.2) is 76.6 Å². The second-order valence-corrected chi connectivity index (χ2v) is 6.01. The molecule has 0 aliphatic carbocycles. The normalized spacial score (nSPS) is 11.0. The first-order chi connectivity index (χ1) is 11.4. The smallest absolute Gasteiger partial charge is 0.277 e. The van der Waals surface area contributed by atoms with E-state index in [-0.39, 0.29) is 0 Å². The number of aromatic nitrogens is 3. The molecule has 0 amide bonds. The van der Waals surface area contributed by atoms with Gasteiger partial charge >= 0.3 is 0 Å². The molecule has 23 heavy (non-hydrogen) atoms. The minimum atomic E-state index is 0.522. The maximum Gasteiger partial charge on any atom is 0.277 e. The van der Waals surface area contributed by atoms with Crippen LogP contribution < -0.4 is 0 Å². The van der Waals surface area contributed by atoms with E-state index in [2.05, 4.69) is 57.6 Å². The van der Waals surface area contributed by atoms with Crippen LogP contribution in [0, 0.1) is 0 Å². The van der Waals surface area contributed by atoms with E-state index in [4.69, 9.17) is 4.42 Å². The van der Waals surface area contributed by atoms with Gasteiger partial charge in [-0.1, -0.05) is 54.2 Å². The Morgan fingerprint density at radius 2 is 1.70 bits per heavy atom. The van der Waals surface area contributed by atoms with Gasteiger partial charge in [0.25, 0.3) is 5.22 Å². The molecule has 0 bridgehead atoms. The summed E-state index contributed by atoms with van der Waals surface area (Å²) in [5.74, 6) is 1.32. The lowest BCUT2D eigenvalue weighted by molar-refractivity contribution is 0.466. The highest BCUT2D eigenvalue weighted by Crippen LogP contribution is 2.26. The molecule has 2 aromatic heterocycles.